The molecule has 0 aromatic rings. The second-order valence-electron chi connectivity index (χ2n) is 3.40. The molecule has 0 radical (unpaired) electrons. The Morgan fingerprint density at radius 1 is 1.19 bits per heavy atom. The van der Waals surface area contributed by atoms with E-state index in [4.69, 9.17) is 0 Å². The molecule has 16 heavy (non-hydrogen) atoms. The predicted molar refractivity (Wildman–Crippen MR) is 61.2 cm³/mol. The summed E-state index contributed by atoms with van der Waals surface area (Å²) in [4.78, 5) is 10.8. The summed E-state index contributed by atoms with van der Waals surface area (Å²) >= 11 is 0. The summed E-state index contributed by atoms with van der Waals surface area (Å²) in [5, 5.41) is 2.22. The van der Waals surface area contributed by atoms with Gasteiger partial charge in [0.05, 0.1) is 26.7 Å². The normalized spacial score (nSPS) is 12.2. The van der Waals surface area contributed by atoms with Crippen LogP contribution in [0.1, 0.15) is 20.8 Å². The molecule has 0 aliphatic heterocycles. The van der Waals surface area contributed by atoms with Crippen LogP contribution in [0.2, 0.25) is 0 Å². The molecule has 0 aliphatic carbocycles. The number of ether oxygens (including phenoxy) is 1. The van der Waals surface area contributed by atoms with E-state index in [1.165, 1.54) is 7.11 Å². The van der Waals surface area contributed by atoms with Crippen LogP contribution in [-0.2, 0) is 14.8 Å². The van der Waals surface area contributed by atoms with E-state index in [0.717, 1.165) is 0 Å². The van der Waals surface area contributed by atoms with Crippen LogP contribution >= 0.6 is 0 Å². The highest BCUT2D eigenvalue weighted by molar-refractivity contribution is 7.85. The largest absolute Gasteiger partial charge is 0.453 e. The van der Waals surface area contributed by atoms with Crippen LogP contribution in [0.25, 0.3) is 0 Å². The van der Waals surface area contributed by atoms with Gasteiger partial charge in [-0.25, -0.2) is 8.68 Å². The number of sulfonamides is 1. The van der Waals surface area contributed by atoms with Crippen molar-refractivity contribution in [1.82, 2.24) is 5.32 Å². The number of alkyl carbamates (subject to hydrolysis) is 1. The number of rotatable bonds is 6. The van der Waals surface area contributed by atoms with Crippen molar-refractivity contribution in [3.05, 3.63) is 0 Å². The van der Waals surface area contributed by atoms with Crippen LogP contribution in [0.3, 0.4) is 0 Å². The lowest BCUT2D eigenvalue weighted by Crippen LogP contribution is -2.55. The average molecular weight is 253 g/mol. The van der Waals surface area contributed by atoms with Gasteiger partial charge in [-0.15, -0.1) is 0 Å². The summed E-state index contributed by atoms with van der Waals surface area (Å²) in [6.45, 7) is 6.92. The van der Waals surface area contributed by atoms with Crippen molar-refractivity contribution in [3.63, 3.8) is 0 Å². The van der Waals surface area contributed by atoms with Crippen molar-refractivity contribution in [2.24, 2.45) is 0 Å². The van der Waals surface area contributed by atoms with Crippen molar-refractivity contribution < 1.29 is 21.8 Å². The van der Waals surface area contributed by atoms with E-state index in [1.54, 1.807) is 0 Å². The highest BCUT2D eigenvalue weighted by atomic mass is 32.2. The number of carbonyl (C=O) groups excluding carboxylic acids is 1. The third kappa shape index (κ3) is 3.08. The molecular weight excluding hydrogens is 232 g/mol. The van der Waals surface area contributed by atoms with Gasteiger partial charge in [0.1, 0.15) is 0 Å². The first-order valence-corrected chi connectivity index (χ1v) is 6.90. The summed E-state index contributed by atoms with van der Waals surface area (Å²) in [6, 6.07) is 0. The number of quaternary nitrogens is 1. The lowest BCUT2D eigenvalue weighted by atomic mass is 10.5. The Balaban J connectivity index is 4.81. The molecule has 1 N–H and O–H groups in total. The fourth-order valence-corrected chi connectivity index (χ4v) is 3.37. The van der Waals surface area contributed by atoms with E-state index in [0.29, 0.717) is 19.6 Å². The molecule has 0 fully saturated rings. The van der Waals surface area contributed by atoms with Gasteiger partial charge in [0.15, 0.2) is 5.88 Å². The van der Waals surface area contributed by atoms with Crippen molar-refractivity contribution in [2.75, 3.05) is 32.6 Å². The highest BCUT2D eigenvalue weighted by Crippen LogP contribution is 2.14. The maximum atomic E-state index is 12.1. The molecule has 6 nitrogen and oxygen atoms in total. The molecule has 0 saturated heterocycles. The molecule has 0 atom stereocenters. The van der Waals surface area contributed by atoms with Gasteiger partial charge < -0.3 is 10.1 Å². The van der Waals surface area contributed by atoms with Crippen molar-refractivity contribution in [2.45, 2.75) is 20.8 Å². The molecule has 0 aromatic carbocycles. The van der Waals surface area contributed by atoms with Crippen LogP contribution in [-0.4, -0.2) is 51.0 Å². The summed E-state index contributed by atoms with van der Waals surface area (Å²) in [5.74, 6) is -0.394. The van der Waals surface area contributed by atoms with E-state index in [1.807, 2.05) is 20.8 Å². The first-order chi connectivity index (χ1) is 7.39. The molecule has 7 heteroatoms. The Hall–Kier alpha value is -0.820. The fourth-order valence-electron chi connectivity index (χ4n) is 1.62. The van der Waals surface area contributed by atoms with Crippen LogP contribution in [0, 0.1) is 0 Å². The van der Waals surface area contributed by atoms with Crippen LogP contribution < -0.4 is 5.32 Å². The number of amides is 1. The van der Waals surface area contributed by atoms with Gasteiger partial charge >= 0.3 is 16.1 Å². The van der Waals surface area contributed by atoms with E-state index in [9.17, 15) is 13.2 Å². The van der Waals surface area contributed by atoms with Gasteiger partial charge in [-0.1, -0.05) is 0 Å². The molecule has 0 heterocycles. The Morgan fingerprint density at radius 3 is 1.94 bits per heavy atom. The molecule has 0 bridgehead atoms. The number of methoxy groups -OCH3 is 1. The predicted octanol–water partition coefficient (Wildman–Crippen LogP) is 0.506. The summed E-state index contributed by atoms with van der Waals surface area (Å²) < 4.78 is 28.4. The molecule has 0 rings (SSSR count). The van der Waals surface area contributed by atoms with Gasteiger partial charge in [-0.3, -0.25) is 0 Å². The number of hydrogen-bond acceptors (Lipinski definition) is 4. The number of nitrogens with one attached hydrogen (secondary N) is 1. The number of nitrogens with zero attached hydrogens (tertiary/aromatic N) is 1. The minimum Gasteiger partial charge on any atom is -0.453 e. The van der Waals surface area contributed by atoms with E-state index >= 15 is 0 Å². The smallest absolute Gasteiger partial charge is 0.407 e. The Bertz CT molecular complexity index is 314. The van der Waals surface area contributed by atoms with E-state index in [-0.39, 0.29) is 3.89 Å². The van der Waals surface area contributed by atoms with Crippen molar-refractivity contribution in [1.29, 1.82) is 0 Å². The maximum Gasteiger partial charge on any atom is 0.407 e. The molecule has 0 unspecified atom stereocenters. The second kappa shape index (κ2) is 6.05. The Morgan fingerprint density at radius 2 is 1.62 bits per heavy atom. The minimum absolute atomic E-state index is 0.0308. The molecule has 0 saturated carbocycles. The zero-order valence-electron chi connectivity index (χ0n) is 10.3. The Labute approximate surface area is 97.2 Å². The van der Waals surface area contributed by atoms with Crippen LogP contribution in [0.4, 0.5) is 4.79 Å². The monoisotopic (exact) mass is 253 g/mol. The number of carbonyl (C=O) groups is 1. The number of hydrogen-bond donors (Lipinski definition) is 1. The lowest BCUT2D eigenvalue weighted by molar-refractivity contribution is -0.800. The van der Waals surface area contributed by atoms with Crippen LogP contribution in [0.5, 0.6) is 0 Å². The first-order valence-electron chi connectivity index (χ1n) is 5.29. The maximum absolute atomic E-state index is 12.1. The zero-order chi connectivity index (χ0) is 12.8. The third-order valence-electron chi connectivity index (χ3n) is 2.90. The molecule has 0 aromatic heterocycles. The quantitative estimate of drug-likeness (QED) is 0.700. The summed E-state index contributed by atoms with van der Waals surface area (Å²) in [6.07, 6.45) is -0.731. The minimum atomic E-state index is -3.41. The van der Waals surface area contributed by atoms with Crippen molar-refractivity contribution in [3.8, 4) is 0 Å². The molecule has 0 spiro atoms. The molecule has 0 aliphatic rings. The van der Waals surface area contributed by atoms with Gasteiger partial charge in [0.2, 0.25) is 0 Å². The topological polar surface area (TPSA) is 72.5 Å². The van der Waals surface area contributed by atoms with E-state index < -0.39 is 22.0 Å². The van der Waals surface area contributed by atoms with Gasteiger partial charge in [-0.2, -0.15) is 8.42 Å². The standard InChI is InChI=1S/C9H20N2O4S/c1-5-11(6-2,7-3)16(13,14)8-10-9(12)15-4/h5-8H2,1-4H3/p+1. The SMILES string of the molecule is CC[N+](CC)(CC)S(=O)(=O)CNC(=O)OC. The third-order valence-corrected chi connectivity index (χ3v) is 5.37. The van der Waals surface area contributed by atoms with Gasteiger partial charge in [0.25, 0.3) is 0 Å². The Kier molecular flexibility index (Phi) is 5.74. The second-order valence-corrected chi connectivity index (χ2v) is 5.63. The van der Waals surface area contributed by atoms with Crippen LogP contribution in [0.15, 0.2) is 0 Å². The first kappa shape index (κ1) is 15.2. The van der Waals surface area contributed by atoms with E-state index in [2.05, 4.69) is 10.1 Å². The average Bonchev–Trinajstić information content (AvgIpc) is 2.28. The molecular formula is C9H21N2O4S+. The van der Waals surface area contributed by atoms with Crippen molar-refractivity contribution >= 4 is 16.1 Å². The molecule has 1 amide bonds. The summed E-state index contributed by atoms with van der Waals surface area (Å²) in [7, 11) is -2.22. The molecule has 96 valence electrons. The zero-order valence-corrected chi connectivity index (χ0v) is 11.1. The lowest BCUT2D eigenvalue weighted by Gasteiger charge is -2.33. The summed E-state index contributed by atoms with van der Waals surface area (Å²) in [5.41, 5.74) is 0. The van der Waals surface area contributed by atoms with Gasteiger partial charge in [0, 0.05) is 0 Å². The van der Waals surface area contributed by atoms with Gasteiger partial charge in [-0.05, 0) is 20.8 Å². The highest BCUT2D eigenvalue weighted by Gasteiger charge is 2.37. The fraction of sp³-hybridized carbons (Fsp3) is 0.889.